The van der Waals surface area contributed by atoms with Crippen LogP contribution in [-0.4, -0.2) is 17.0 Å². The summed E-state index contributed by atoms with van der Waals surface area (Å²) in [6.07, 6.45) is 1.26. The molecule has 0 aliphatic rings. The minimum Gasteiger partial charge on any atom is -0.455 e. The Morgan fingerprint density at radius 3 is 2.74 bits per heavy atom. The van der Waals surface area contributed by atoms with Crippen LogP contribution in [-0.2, 0) is 0 Å². The second kappa shape index (κ2) is 7.92. The molecule has 0 radical (unpaired) electrons. The summed E-state index contributed by atoms with van der Waals surface area (Å²) in [4.78, 5) is 22.4. The predicted molar refractivity (Wildman–Crippen MR) is 100.0 cm³/mol. The van der Waals surface area contributed by atoms with Gasteiger partial charge in [0.1, 0.15) is 17.3 Å². The van der Waals surface area contributed by atoms with Gasteiger partial charge in [-0.15, -0.1) is 0 Å². The number of halogens is 2. The maximum absolute atomic E-state index is 13.2. The van der Waals surface area contributed by atoms with Gasteiger partial charge < -0.3 is 4.42 Å². The molecule has 3 aromatic rings. The van der Waals surface area contributed by atoms with E-state index >= 15 is 0 Å². The maximum atomic E-state index is 13.2. The van der Waals surface area contributed by atoms with Crippen molar-refractivity contribution in [3.63, 3.8) is 0 Å². The van der Waals surface area contributed by atoms with Crippen LogP contribution in [0.25, 0.3) is 11.3 Å². The van der Waals surface area contributed by atoms with Gasteiger partial charge in [-0.25, -0.2) is 9.82 Å². The number of nitrogens with zero attached hydrogens (tertiary/aromatic N) is 2. The lowest BCUT2D eigenvalue weighted by molar-refractivity contribution is -0.384. The molecule has 7 nitrogen and oxygen atoms in total. The van der Waals surface area contributed by atoms with Crippen LogP contribution in [0.15, 0.2) is 68.6 Å². The normalized spacial score (nSPS) is 10.9. The second-order valence-electron chi connectivity index (χ2n) is 5.30. The minimum atomic E-state index is -0.714. The number of carbonyl (C=O) groups is 1. The molecule has 3 rings (SSSR count). The molecule has 0 spiro atoms. The van der Waals surface area contributed by atoms with Crippen LogP contribution in [0.5, 0.6) is 0 Å². The van der Waals surface area contributed by atoms with Gasteiger partial charge in [-0.3, -0.25) is 14.9 Å². The summed E-state index contributed by atoms with van der Waals surface area (Å²) in [5, 5.41) is 14.9. The molecule has 0 atom stereocenters. The van der Waals surface area contributed by atoms with Crippen molar-refractivity contribution < 1.29 is 18.5 Å². The molecule has 136 valence electrons. The molecular formula is C18H11BrFN3O4. The highest BCUT2D eigenvalue weighted by Crippen LogP contribution is 2.31. The molecule has 0 fully saturated rings. The minimum absolute atomic E-state index is 0.137. The molecule has 9 heteroatoms. The van der Waals surface area contributed by atoms with Crippen LogP contribution in [0.1, 0.15) is 16.1 Å². The van der Waals surface area contributed by atoms with Gasteiger partial charge in [0, 0.05) is 4.47 Å². The van der Waals surface area contributed by atoms with E-state index in [0.29, 0.717) is 10.0 Å². The van der Waals surface area contributed by atoms with E-state index in [1.165, 1.54) is 24.4 Å². The highest BCUT2D eigenvalue weighted by atomic mass is 79.9. The van der Waals surface area contributed by atoms with E-state index in [-0.39, 0.29) is 17.1 Å². The fourth-order valence-electron chi connectivity index (χ4n) is 2.29. The molecule has 1 aromatic heterocycles. The molecule has 0 saturated carbocycles. The van der Waals surface area contributed by atoms with Crippen molar-refractivity contribution in [2.75, 3.05) is 0 Å². The van der Waals surface area contributed by atoms with Crippen LogP contribution < -0.4 is 5.43 Å². The lowest BCUT2D eigenvalue weighted by Gasteiger charge is -2.01. The van der Waals surface area contributed by atoms with Gasteiger partial charge in [0.15, 0.2) is 0 Å². The number of furan rings is 1. The van der Waals surface area contributed by atoms with Gasteiger partial charge in [-0.05, 0) is 52.3 Å². The molecule has 1 N–H and O–H groups in total. The van der Waals surface area contributed by atoms with Gasteiger partial charge in [-0.1, -0.05) is 12.1 Å². The monoisotopic (exact) mass is 431 g/mol. The molecule has 0 saturated heterocycles. The number of benzene rings is 2. The maximum Gasteiger partial charge on any atom is 0.283 e. The Morgan fingerprint density at radius 2 is 2.00 bits per heavy atom. The molecule has 0 aliphatic carbocycles. The van der Waals surface area contributed by atoms with Crippen molar-refractivity contribution in [1.29, 1.82) is 0 Å². The SMILES string of the molecule is O=C(N/N=C/c1ccc(-c2ccc(F)cc2[N+](=O)[O-])o1)c1ccccc1Br. The molecule has 0 aliphatic heterocycles. The number of nitrogens with one attached hydrogen (secondary N) is 1. The van der Waals surface area contributed by atoms with Gasteiger partial charge >= 0.3 is 0 Å². The summed E-state index contributed by atoms with van der Waals surface area (Å²) in [7, 11) is 0. The number of nitro benzene ring substituents is 1. The standard InChI is InChI=1S/C18H11BrFN3O4/c19-15-4-2-1-3-13(15)18(24)22-21-10-12-6-8-17(27-12)14-7-5-11(20)9-16(14)23(25)26/h1-10H,(H,22,24)/b21-10+. The number of hydrazone groups is 1. The molecule has 27 heavy (non-hydrogen) atoms. The summed E-state index contributed by atoms with van der Waals surface area (Å²) in [6.45, 7) is 0. The first kappa shape index (κ1) is 18.5. The lowest BCUT2D eigenvalue weighted by atomic mass is 10.1. The number of nitro groups is 1. The van der Waals surface area contributed by atoms with E-state index < -0.39 is 22.3 Å². The van der Waals surface area contributed by atoms with Crippen molar-refractivity contribution in [1.82, 2.24) is 5.43 Å². The Hall–Kier alpha value is -3.33. The van der Waals surface area contributed by atoms with Crippen LogP contribution in [0, 0.1) is 15.9 Å². The van der Waals surface area contributed by atoms with Crippen LogP contribution in [0.4, 0.5) is 10.1 Å². The van der Waals surface area contributed by atoms with Gasteiger partial charge in [0.25, 0.3) is 11.6 Å². The number of hydrogen-bond acceptors (Lipinski definition) is 5. The van der Waals surface area contributed by atoms with Crippen LogP contribution in [0.2, 0.25) is 0 Å². The predicted octanol–water partition coefficient (Wildman–Crippen LogP) is 4.52. The lowest BCUT2D eigenvalue weighted by Crippen LogP contribution is -2.17. The van der Waals surface area contributed by atoms with Gasteiger partial charge in [0.2, 0.25) is 0 Å². The van der Waals surface area contributed by atoms with E-state index in [1.807, 2.05) is 0 Å². The van der Waals surface area contributed by atoms with Gasteiger partial charge in [-0.2, -0.15) is 5.10 Å². The molecule has 0 unspecified atom stereocenters. The summed E-state index contributed by atoms with van der Waals surface area (Å²) in [5.41, 5.74) is 2.50. The van der Waals surface area contributed by atoms with Crippen LogP contribution >= 0.6 is 15.9 Å². The zero-order valence-electron chi connectivity index (χ0n) is 13.6. The summed E-state index contributed by atoms with van der Waals surface area (Å²) in [6, 6.07) is 13.1. The highest BCUT2D eigenvalue weighted by Gasteiger charge is 2.19. The quantitative estimate of drug-likeness (QED) is 0.364. The second-order valence-corrected chi connectivity index (χ2v) is 6.15. The van der Waals surface area contributed by atoms with Crippen molar-refractivity contribution in [3.05, 3.63) is 86.3 Å². The number of carbonyl (C=O) groups excluding carboxylic acids is 1. The number of amides is 1. The van der Waals surface area contributed by atoms with Crippen molar-refractivity contribution in [2.24, 2.45) is 5.10 Å². The van der Waals surface area contributed by atoms with E-state index in [0.717, 1.165) is 12.1 Å². The Morgan fingerprint density at radius 1 is 1.22 bits per heavy atom. The molecule has 1 amide bonds. The average Bonchev–Trinajstić information content (AvgIpc) is 3.10. The Labute approximate surface area is 160 Å². The third-order valence-electron chi connectivity index (χ3n) is 3.53. The summed E-state index contributed by atoms with van der Waals surface area (Å²) in [5.74, 6) is -0.690. The number of hydrogen-bond donors (Lipinski definition) is 1. The fraction of sp³-hybridized carbons (Fsp3) is 0. The van der Waals surface area contributed by atoms with E-state index in [4.69, 9.17) is 4.42 Å². The Balaban J connectivity index is 1.75. The molecule has 1 heterocycles. The zero-order valence-corrected chi connectivity index (χ0v) is 15.1. The zero-order chi connectivity index (χ0) is 19.4. The smallest absolute Gasteiger partial charge is 0.283 e. The first-order chi connectivity index (χ1) is 13.0. The van der Waals surface area contributed by atoms with Crippen LogP contribution in [0.3, 0.4) is 0 Å². The Bertz CT molecular complexity index is 1050. The topological polar surface area (TPSA) is 97.7 Å². The fourth-order valence-corrected chi connectivity index (χ4v) is 2.76. The first-order valence-electron chi connectivity index (χ1n) is 7.58. The van der Waals surface area contributed by atoms with Crippen molar-refractivity contribution >= 4 is 33.7 Å². The molecular weight excluding hydrogens is 421 g/mol. The largest absolute Gasteiger partial charge is 0.455 e. The van der Waals surface area contributed by atoms with E-state index in [9.17, 15) is 19.3 Å². The van der Waals surface area contributed by atoms with E-state index in [2.05, 4.69) is 26.5 Å². The third-order valence-corrected chi connectivity index (χ3v) is 4.22. The van der Waals surface area contributed by atoms with Crippen molar-refractivity contribution in [3.8, 4) is 11.3 Å². The molecule has 0 bridgehead atoms. The Kier molecular flexibility index (Phi) is 5.41. The summed E-state index contributed by atoms with van der Waals surface area (Å²) < 4.78 is 19.3. The molecule has 2 aromatic carbocycles. The van der Waals surface area contributed by atoms with E-state index in [1.54, 1.807) is 24.3 Å². The van der Waals surface area contributed by atoms with Crippen molar-refractivity contribution in [2.45, 2.75) is 0 Å². The number of rotatable bonds is 5. The first-order valence-corrected chi connectivity index (χ1v) is 8.37. The summed E-state index contributed by atoms with van der Waals surface area (Å²) >= 11 is 3.27. The average molecular weight is 432 g/mol. The van der Waals surface area contributed by atoms with Gasteiger partial charge in [0.05, 0.1) is 28.3 Å². The third kappa shape index (κ3) is 4.26. The highest BCUT2D eigenvalue weighted by molar-refractivity contribution is 9.10.